The third kappa shape index (κ3) is 4.14. The van der Waals surface area contributed by atoms with E-state index >= 15 is 0 Å². The molecule has 0 unspecified atom stereocenters. The molecule has 0 radical (unpaired) electrons. The average Bonchev–Trinajstić information content (AvgIpc) is 3.17. The van der Waals surface area contributed by atoms with Crippen molar-refractivity contribution in [1.29, 1.82) is 0 Å². The Morgan fingerprint density at radius 3 is 2.74 bits per heavy atom. The zero-order chi connectivity index (χ0) is 18.5. The third-order valence-corrected chi connectivity index (χ3v) is 4.09. The minimum Gasteiger partial charge on any atom is -0.454 e. The maximum atomic E-state index is 12.5. The summed E-state index contributed by atoms with van der Waals surface area (Å²) >= 11 is 0. The first kappa shape index (κ1) is 16.8. The van der Waals surface area contributed by atoms with Crippen molar-refractivity contribution in [3.05, 3.63) is 72.2 Å². The summed E-state index contributed by atoms with van der Waals surface area (Å²) in [6.45, 7) is 0.904. The predicted molar refractivity (Wildman–Crippen MR) is 101 cm³/mol. The molecule has 0 saturated heterocycles. The second-order valence-corrected chi connectivity index (χ2v) is 5.97. The minimum absolute atomic E-state index is 0.191. The molecule has 0 atom stereocenters. The summed E-state index contributed by atoms with van der Waals surface area (Å²) < 4.78 is 10.6. The lowest BCUT2D eigenvalue weighted by Gasteiger charge is -2.08. The van der Waals surface area contributed by atoms with E-state index in [9.17, 15) is 4.79 Å². The average molecular weight is 362 g/mol. The van der Waals surface area contributed by atoms with Crippen LogP contribution in [0.15, 0.2) is 60.9 Å². The molecular weight excluding hydrogens is 344 g/mol. The van der Waals surface area contributed by atoms with Crippen molar-refractivity contribution in [2.24, 2.45) is 0 Å². The van der Waals surface area contributed by atoms with Crippen molar-refractivity contribution in [3.8, 4) is 11.5 Å². The summed E-state index contributed by atoms with van der Waals surface area (Å²) in [4.78, 5) is 20.7. The fourth-order valence-corrected chi connectivity index (χ4v) is 2.73. The number of carbonyl (C=O) groups excluding carboxylic acids is 1. The van der Waals surface area contributed by atoms with Gasteiger partial charge in [0.1, 0.15) is 17.8 Å². The molecule has 2 N–H and O–H groups in total. The molecule has 7 nitrogen and oxygen atoms in total. The molecule has 1 amide bonds. The van der Waals surface area contributed by atoms with Gasteiger partial charge in [0.05, 0.1) is 0 Å². The summed E-state index contributed by atoms with van der Waals surface area (Å²) in [6.07, 6.45) is 2.24. The van der Waals surface area contributed by atoms with Gasteiger partial charge in [-0.3, -0.25) is 4.79 Å². The number of nitrogens with zero attached hydrogens (tertiary/aromatic N) is 2. The van der Waals surface area contributed by atoms with E-state index < -0.39 is 0 Å². The van der Waals surface area contributed by atoms with Gasteiger partial charge in [-0.25, -0.2) is 9.97 Å². The number of ether oxygens (including phenoxy) is 2. The van der Waals surface area contributed by atoms with Gasteiger partial charge >= 0.3 is 0 Å². The van der Waals surface area contributed by atoms with E-state index in [0.717, 1.165) is 6.42 Å². The maximum Gasteiger partial charge on any atom is 0.274 e. The lowest BCUT2D eigenvalue weighted by molar-refractivity contribution is 0.102. The van der Waals surface area contributed by atoms with E-state index in [1.165, 1.54) is 11.9 Å². The molecule has 1 aliphatic rings. The van der Waals surface area contributed by atoms with Gasteiger partial charge in [-0.15, -0.1) is 0 Å². The van der Waals surface area contributed by atoms with Gasteiger partial charge in [0, 0.05) is 24.4 Å². The summed E-state index contributed by atoms with van der Waals surface area (Å²) in [5.74, 6) is 1.57. The number of amides is 1. The second-order valence-electron chi connectivity index (χ2n) is 5.97. The molecule has 0 saturated carbocycles. The number of nitrogens with one attached hydrogen (secondary N) is 2. The molecule has 0 bridgehead atoms. The number of aromatic nitrogens is 2. The van der Waals surface area contributed by atoms with E-state index in [-0.39, 0.29) is 18.4 Å². The van der Waals surface area contributed by atoms with Crippen LogP contribution in [0.25, 0.3) is 0 Å². The second kappa shape index (κ2) is 7.74. The molecule has 0 aliphatic carbocycles. The number of carbonyl (C=O) groups is 1. The molecule has 1 aromatic heterocycles. The predicted octanol–water partition coefficient (Wildman–Crippen LogP) is 3.11. The van der Waals surface area contributed by atoms with Crippen LogP contribution in [0.3, 0.4) is 0 Å². The quantitative estimate of drug-likeness (QED) is 0.701. The molecular formula is C20H18N4O3. The molecule has 7 heteroatoms. The van der Waals surface area contributed by atoms with Crippen LogP contribution in [0.1, 0.15) is 16.1 Å². The number of anilines is 2. The Morgan fingerprint density at radius 1 is 1.00 bits per heavy atom. The third-order valence-electron chi connectivity index (χ3n) is 4.09. The van der Waals surface area contributed by atoms with E-state index in [1.54, 1.807) is 24.3 Å². The summed E-state index contributed by atoms with van der Waals surface area (Å²) in [6, 6.07) is 17.0. The molecule has 2 aromatic carbocycles. The van der Waals surface area contributed by atoms with Crippen molar-refractivity contribution < 1.29 is 14.3 Å². The van der Waals surface area contributed by atoms with Crippen LogP contribution in [-0.2, 0) is 6.42 Å². The SMILES string of the molecule is O=C(Nc1ccc2c(c1)OCO2)c1cc(NCCc2ccccc2)ncn1. The number of hydrogen-bond donors (Lipinski definition) is 2. The Morgan fingerprint density at radius 2 is 1.85 bits per heavy atom. The Labute approximate surface area is 156 Å². The lowest BCUT2D eigenvalue weighted by atomic mass is 10.1. The normalized spacial score (nSPS) is 11.9. The van der Waals surface area contributed by atoms with Crippen LogP contribution in [0.2, 0.25) is 0 Å². The van der Waals surface area contributed by atoms with Crippen LogP contribution < -0.4 is 20.1 Å². The van der Waals surface area contributed by atoms with Crippen LogP contribution in [0, 0.1) is 0 Å². The summed E-state index contributed by atoms with van der Waals surface area (Å²) in [7, 11) is 0. The fourth-order valence-electron chi connectivity index (χ4n) is 2.73. The summed E-state index contributed by atoms with van der Waals surface area (Å²) in [5, 5.41) is 6.02. The Kier molecular flexibility index (Phi) is 4.82. The van der Waals surface area contributed by atoms with Crippen molar-refractivity contribution in [2.45, 2.75) is 6.42 Å². The standard InChI is InChI=1S/C20H18N4O3/c25-20(24-15-6-7-17-18(10-15)27-13-26-17)16-11-19(23-12-22-16)21-9-8-14-4-2-1-3-5-14/h1-7,10-12H,8-9,13H2,(H,24,25)(H,21,22,23). The van der Waals surface area contributed by atoms with E-state index in [2.05, 4.69) is 32.7 Å². The number of rotatable bonds is 6. The van der Waals surface area contributed by atoms with Gasteiger partial charge in [-0.05, 0) is 24.1 Å². The van der Waals surface area contributed by atoms with Crippen LogP contribution in [-0.4, -0.2) is 29.2 Å². The van der Waals surface area contributed by atoms with E-state index in [4.69, 9.17) is 9.47 Å². The maximum absolute atomic E-state index is 12.5. The van der Waals surface area contributed by atoms with Crippen LogP contribution in [0.4, 0.5) is 11.5 Å². The molecule has 0 spiro atoms. The zero-order valence-corrected chi connectivity index (χ0v) is 14.5. The number of hydrogen-bond acceptors (Lipinski definition) is 6. The molecule has 3 aromatic rings. The highest BCUT2D eigenvalue weighted by Gasteiger charge is 2.15. The molecule has 1 aliphatic heterocycles. The smallest absolute Gasteiger partial charge is 0.274 e. The van der Waals surface area contributed by atoms with Gasteiger partial charge in [0.25, 0.3) is 5.91 Å². The topological polar surface area (TPSA) is 85.4 Å². The Hall–Kier alpha value is -3.61. The highest BCUT2D eigenvalue weighted by atomic mass is 16.7. The van der Waals surface area contributed by atoms with Crippen molar-refractivity contribution in [2.75, 3.05) is 24.0 Å². The Bertz CT molecular complexity index is 947. The van der Waals surface area contributed by atoms with Crippen LogP contribution >= 0.6 is 0 Å². The lowest BCUT2D eigenvalue weighted by Crippen LogP contribution is -2.15. The molecule has 4 rings (SSSR count). The first-order valence-electron chi connectivity index (χ1n) is 8.59. The number of fused-ring (bicyclic) bond motifs is 1. The van der Waals surface area contributed by atoms with Crippen molar-refractivity contribution in [1.82, 2.24) is 9.97 Å². The highest BCUT2D eigenvalue weighted by Crippen LogP contribution is 2.34. The van der Waals surface area contributed by atoms with Crippen LogP contribution in [0.5, 0.6) is 11.5 Å². The summed E-state index contributed by atoms with van der Waals surface area (Å²) in [5.41, 5.74) is 2.13. The van der Waals surface area contributed by atoms with Gasteiger partial charge in [0.15, 0.2) is 11.5 Å². The monoisotopic (exact) mass is 362 g/mol. The highest BCUT2D eigenvalue weighted by molar-refractivity contribution is 6.03. The van der Waals surface area contributed by atoms with Gasteiger partial charge in [0.2, 0.25) is 6.79 Å². The molecule has 136 valence electrons. The Balaban J connectivity index is 1.37. The first-order valence-corrected chi connectivity index (χ1v) is 8.59. The zero-order valence-electron chi connectivity index (χ0n) is 14.5. The largest absolute Gasteiger partial charge is 0.454 e. The number of benzene rings is 2. The molecule has 0 fully saturated rings. The fraction of sp³-hybridized carbons (Fsp3) is 0.150. The van der Waals surface area contributed by atoms with E-state index in [1.807, 2.05) is 18.2 Å². The van der Waals surface area contributed by atoms with E-state index in [0.29, 0.717) is 29.5 Å². The van der Waals surface area contributed by atoms with Gasteiger partial charge in [-0.2, -0.15) is 0 Å². The minimum atomic E-state index is -0.317. The van der Waals surface area contributed by atoms with Gasteiger partial charge < -0.3 is 20.1 Å². The molecule has 27 heavy (non-hydrogen) atoms. The van der Waals surface area contributed by atoms with Crippen molar-refractivity contribution >= 4 is 17.4 Å². The molecule has 2 heterocycles. The van der Waals surface area contributed by atoms with Crippen molar-refractivity contribution in [3.63, 3.8) is 0 Å². The van der Waals surface area contributed by atoms with Gasteiger partial charge in [-0.1, -0.05) is 30.3 Å². The first-order chi connectivity index (χ1) is 13.3.